The highest BCUT2D eigenvalue weighted by Crippen LogP contribution is 2.17. The Kier molecular flexibility index (Phi) is 8.52. The summed E-state index contributed by atoms with van der Waals surface area (Å²) in [6, 6.07) is 8.64. The third-order valence-electron chi connectivity index (χ3n) is 4.21. The maximum absolute atomic E-state index is 13.0. The van der Waals surface area contributed by atoms with E-state index in [1.807, 2.05) is 4.72 Å². The Morgan fingerprint density at radius 3 is 2.39 bits per heavy atom. The summed E-state index contributed by atoms with van der Waals surface area (Å²) >= 11 is 5.92. The highest BCUT2D eigenvalue weighted by Gasteiger charge is 2.31. The Balaban J connectivity index is 1.97. The van der Waals surface area contributed by atoms with E-state index in [2.05, 4.69) is 5.32 Å². The molecule has 3 atom stereocenters. The van der Waals surface area contributed by atoms with Crippen molar-refractivity contribution in [2.45, 2.75) is 36.9 Å². The van der Waals surface area contributed by atoms with E-state index in [1.54, 1.807) is 31.2 Å². The zero-order valence-corrected chi connectivity index (χ0v) is 18.3. The molecule has 0 bridgehead atoms. The lowest BCUT2D eigenvalue weighted by Crippen LogP contribution is -2.49. The summed E-state index contributed by atoms with van der Waals surface area (Å²) in [5.74, 6) is -2.42. The first-order chi connectivity index (χ1) is 14.5. The minimum Gasteiger partial charge on any atom is -0.454 e. The van der Waals surface area contributed by atoms with Gasteiger partial charge in [-0.1, -0.05) is 23.7 Å². The van der Waals surface area contributed by atoms with Crippen LogP contribution >= 0.6 is 11.6 Å². The van der Waals surface area contributed by atoms with Crippen molar-refractivity contribution in [3.8, 4) is 0 Å². The van der Waals surface area contributed by atoms with Crippen LogP contribution < -0.4 is 10.0 Å². The molecule has 0 aliphatic heterocycles. The zero-order valence-electron chi connectivity index (χ0n) is 16.7. The lowest BCUT2D eigenvalue weighted by molar-refractivity contribution is -0.152. The number of aliphatic hydroxyl groups is 1. The SMILES string of the molecule is C[C@H](NC(=O)COC(=O)[C@@H](NS(=O)(=O)c1ccc(F)cc1)[C@H](C)O)c1cccc(Cl)c1. The molecule has 2 aromatic rings. The summed E-state index contributed by atoms with van der Waals surface area (Å²) in [7, 11) is -4.25. The Bertz CT molecular complexity index is 1030. The predicted octanol–water partition coefficient (Wildman–Crippen LogP) is 1.93. The highest BCUT2D eigenvalue weighted by molar-refractivity contribution is 7.89. The third kappa shape index (κ3) is 7.28. The summed E-state index contributed by atoms with van der Waals surface area (Å²) in [6.45, 7) is 2.20. The van der Waals surface area contributed by atoms with Crippen molar-refractivity contribution in [3.63, 3.8) is 0 Å². The molecule has 1 amide bonds. The first-order valence-corrected chi connectivity index (χ1v) is 11.0. The molecule has 0 spiro atoms. The molecule has 11 heteroatoms. The van der Waals surface area contributed by atoms with Crippen LogP contribution in [0.25, 0.3) is 0 Å². The zero-order chi connectivity index (χ0) is 23.2. The van der Waals surface area contributed by atoms with Gasteiger partial charge < -0.3 is 15.2 Å². The van der Waals surface area contributed by atoms with E-state index in [-0.39, 0.29) is 4.90 Å². The summed E-state index contributed by atoms with van der Waals surface area (Å²) in [5.41, 5.74) is 0.737. The number of benzene rings is 2. The van der Waals surface area contributed by atoms with E-state index < -0.39 is 52.5 Å². The quantitative estimate of drug-likeness (QED) is 0.479. The van der Waals surface area contributed by atoms with Crippen LogP contribution in [0.1, 0.15) is 25.5 Å². The van der Waals surface area contributed by atoms with Crippen LogP contribution in [0.4, 0.5) is 4.39 Å². The maximum atomic E-state index is 13.0. The molecular weight excluding hydrogens is 451 g/mol. The van der Waals surface area contributed by atoms with Crippen molar-refractivity contribution in [1.82, 2.24) is 10.0 Å². The monoisotopic (exact) mass is 472 g/mol. The molecule has 0 radical (unpaired) electrons. The lowest BCUT2D eigenvalue weighted by atomic mass is 10.1. The van der Waals surface area contributed by atoms with Gasteiger partial charge in [0.05, 0.1) is 17.0 Å². The van der Waals surface area contributed by atoms with Crippen molar-refractivity contribution < 1.29 is 32.2 Å². The highest BCUT2D eigenvalue weighted by atomic mass is 35.5. The van der Waals surface area contributed by atoms with Crippen LogP contribution in [0.15, 0.2) is 53.4 Å². The van der Waals surface area contributed by atoms with Crippen molar-refractivity contribution in [2.75, 3.05) is 6.61 Å². The Labute approximate surface area is 184 Å². The molecule has 31 heavy (non-hydrogen) atoms. The topological polar surface area (TPSA) is 122 Å². The van der Waals surface area contributed by atoms with Gasteiger partial charge in [0, 0.05) is 5.02 Å². The number of sulfonamides is 1. The Hall–Kier alpha value is -2.53. The summed E-state index contributed by atoms with van der Waals surface area (Å²) in [4.78, 5) is 24.1. The summed E-state index contributed by atoms with van der Waals surface area (Å²) < 4.78 is 44.7. The second-order valence-corrected chi connectivity index (χ2v) is 8.90. The van der Waals surface area contributed by atoms with Crippen molar-refractivity contribution in [3.05, 3.63) is 64.9 Å². The van der Waals surface area contributed by atoms with E-state index in [0.29, 0.717) is 5.02 Å². The van der Waals surface area contributed by atoms with Crippen LogP contribution in [0, 0.1) is 5.82 Å². The number of carbonyl (C=O) groups is 2. The number of ether oxygens (including phenoxy) is 1. The molecule has 2 aromatic carbocycles. The number of esters is 1. The first kappa shape index (κ1) is 24.7. The maximum Gasteiger partial charge on any atom is 0.327 e. The van der Waals surface area contributed by atoms with Crippen LogP contribution in [0.5, 0.6) is 0 Å². The number of nitrogens with one attached hydrogen (secondary N) is 2. The number of hydrogen-bond acceptors (Lipinski definition) is 6. The van der Waals surface area contributed by atoms with Crippen molar-refractivity contribution in [2.24, 2.45) is 0 Å². The van der Waals surface area contributed by atoms with Gasteiger partial charge in [-0.05, 0) is 55.8 Å². The minimum absolute atomic E-state index is 0.305. The molecule has 0 aliphatic rings. The standard InChI is InChI=1S/C20H22ClFN2O6S/c1-12(14-4-3-5-15(21)10-14)23-18(26)11-30-20(27)19(13(2)25)24-31(28,29)17-8-6-16(22)7-9-17/h3-10,12-13,19,24-25H,11H2,1-2H3,(H,23,26)/t12-,13-,19-/m0/s1. The second kappa shape index (κ2) is 10.7. The number of halogens is 2. The molecule has 0 aromatic heterocycles. The van der Waals surface area contributed by atoms with Gasteiger partial charge in [-0.25, -0.2) is 12.8 Å². The van der Waals surface area contributed by atoms with Gasteiger partial charge in [-0.3, -0.25) is 9.59 Å². The van der Waals surface area contributed by atoms with E-state index in [1.165, 1.54) is 6.92 Å². The molecule has 0 saturated heterocycles. The smallest absolute Gasteiger partial charge is 0.327 e. The van der Waals surface area contributed by atoms with Gasteiger partial charge in [-0.15, -0.1) is 0 Å². The van der Waals surface area contributed by atoms with Crippen LogP contribution in [0.3, 0.4) is 0 Å². The number of rotatable bonds is 9. The predicted molar refractivity (Wildman–Crippen MR) is 111 cm³/mol. The van der Waals surface area contributed by atoms with Gasteiger partial charge in [0.25, 0.3) is 5.91 Å². The molecule has 0 heterocycles. The molecular formula is C20H22ClFN2O6S. The molecule has 0 fully saturated rings. The Morgan fingerprint density at radius 2 is 1.81 bits per heavy atom. The average molecular weight is 473 g/mol. The van der Waals surface area contributed by atoms with E-state index in [4.69, 9.17) is 16.3 Å². The molecule has 3 N–H and O–H groups in total. The molecule has 2 rings (SSSR count). The largest absolute Gasteiger partial charge is 0.454 e. The molecule has 0 aliphatic carbocycles. The first-order valence-electron chi connectivity index (χ1n) is 9.17. The number of carbonyl (C=O) groups excluding carboxylic acids is 2. The molecule has 168 valence electrons. The van der Waals surface area contributed by atoms with Gasteiger partial charge in [-0.2, -0.15) is 4.72 Å². The van der Waals surface area contributed by atoms with Gasteiger partial charge in [0.15, 0.2) is 6.61 Å². The van der Waals surface area contributed by atoms with Gasteiger partial charge in [0.1, 0.15) is 11.9 Å². The second-order valence-electron chi connectivity index (χ2n) is 6.75. The molecule has 0 saturated carbocycles. The van der Waals surface area contributed by atoms with Crippen molar-refractivity contribution in [1.29, 1.82) is 0 Å². The number of hydrogen-bond donors (Lipinski definition) is 3. The third-order valence-corrected chi connectivity index (χ3v) is 5.91. The summed E-state index contributed by atoms with van der Waals surface area (Å²) in [6.07, 6.45) is -1.46. The molecule has 8 nitrogen and oxygen atoms in total. The normalized spacial score (nSPS) is 14.4. The minimum atomic E-state index is -4.25. The molecule has 0 unspecified atom stereocenters. The fourth-order valence-electron chi connectivity index (χ4n) is 2.56. The van der Waals surface area contributed by atoms with Crippen LogP contribution in [-0.2, 0) is 24.3 Å². The van der Waals surface area contributed by atoms with Crippen molar-refractivity contribution >= 4 is 33.5 Å². The van der Waals surface area contributed by atoms with E-state index in [9.17, 15) is 27.5 Å². The Morgan fingerprint density at radius 1 is 1.16 bits per heavy atom. The van der Waals surface area contributed by atoms with Crippen LogP contribution in [-0.4, -0.2) is 44.2 Å². The number of aliphatic hydroxyl groups excluding tert-OH is 1. The fourth-order valence-corrected chi connectivity index (χ4v) is 4.02. The van der Waals surface area contributed by atoms with Gasteiger partial charge in [0.2, 0.25) is 10.0 Å². The number of amides is 1. The summed E-state index contributed by atoms with van der Waals surface area (Å²) in [5, 5.41) is 12.9. The van der Waals surface area contributed by atoms with Crippen LogP contribution in [0.2, 0.25) is 5.02 Å². The average Bonchev–Trinajstić information content (AvgIpc) is 2.70. The van der Waals surface area contributed by atoms with E-state index >= 15 is 0 Å². The fraction of sp³-hybridized carbons (Fsp3) is 0.300. The van der Waals surface area contributed by atoms with Gasteiger partial charge >= 0.3 is 5.97 Å². The van der Waals surface area contributed by atoms with E-state index in [0.717, 1.165) is 29.8 Å². The lowest BCUT2D eigenvalue weighted by Gasteiger charge is -2.20.